The van der Waals surface area contributed by atoms with Gasteiger partial charge in [0, 0.05) is 45.8 Å². The molecule has 1 saturated heterocycles. The van der Waals surface area contributed by atoms with Gasteiger partial charge in [-0.05, 0) is 38.5 Å². The molecule has 1 fully saturated rings. The molecule has 0 aliphatic carbocycles. The van der Waals surface area contributed by atoms with E-state index in [0.717, 1.165) is 39.0 Å². The first kappa shape index (κ1) is 36.1. The minimum absolute atomic E-state index is 0.736. The smallest absolute Gasteiger partial charge is 0.207 e. The SMILES string of the molecule is CC.CC.CC.CCCCN1CCN(Cc2ccccc2)CC1.CCCN(C)CCNC=O. The zero-order chi connectivity index (χ0) is 25.7. The molecule has 2 rings (SSSR count). The normalized spacial score (nSPS) is 13.0. The summed E-state index contributed by atoms with van der Waals surface area (Å²) in [5, 5.41) is 2.62. The van der Waals surface area contributed by atoms with Crippen LogP contribution in [0.1, 0.15) is 80.2 Å². The molecule has 1 aliphatic heterocycles. The molecule has 1 N–H and O–H groups in total. The van der Waals surface area contributed by atoms with Crippen LogP contribution in [0.25, 0.3) is 0 Å². The molecule has 1 aromatic carbocycles. The topological polar surface area (TPSA) is 38.8 Å². The maximum atomic E-state index is 9.81. The number of hydrogen-bond acceptors (Lipinski definition) is 4. The second-order valence-electron chi connectivity index (χ2n) is 7.33. The molecule has 1 aromatic rings. The first-order valence-corrected chi connectivity index (χ1v) is 13.5. The van der Waals surface area contributed by atoms with E-state index in [0.29, 0.717) is 0 Å². The van der Waals surface area contributed by atoms with E-state index >= 15 is 0 Å². The number of benzene rings is 1. The van der Waals surface area contributed by atoms with Crippen LogP contribution in [0.5, 0.6) is 0 Å². The van der Waals surface area contributed by atoms with Crippen molar-refractivity contribution >= 4 is 6.41 Å². The van der Waals surface area contributed by atoms with Gasteiger partial charge in [0.25, 0.3) is 0 Å². The third kappa shape index (κ3) is 23.5. The first-order chi connectivity index (χ1) is 16.2. The quantitative estimate of drug-likeness (QED) is 0.332. The van der Waals surface area contributed by atoms with Crippen molar-refractivity contribution < 1.29 is 4.79 Å². The van der Waals surface area contributed by atoms with Gasteiger partial charge in [0.1, 0.15) is 0 Å². The predicted molar refractivity (Wildman–Crippen MR) is 149 cm³/mol. The summed E-state index contributed by atoms with van der Waals surface area (Å²) in [4.78, 5) is 17.2. The van der Waals surface area contributed by atoms with Crippen molar-refractivity contribution in [2.45, 2.75) is 81.2 Å². The highest BCUT2D eigenvalue weighted by Gasteiger charge is 2.15. The number of unbranched alkanes of at least 4 members (excludes halogenated alkanes) is 1. The number of piperazine rings is 1. The molecule has 5 heteroatoms. The van der Waals surface area contributed by atoms with E-state index in [9.17, 15) is 4.79 Å². The molecule has 1 amide bonds. The molecule has 1 aliphatic rings. The molecular weight excluding hydrogens is 408 g/mol. The molecule has 0 saturated carbocycles. The summed E-state index contributed by atoms with van der Waals surface area (Å²) in [5.41, 5.74) is 1.44. The number of nitrogens with one attached hydrogen (secondary N) is 1. The molecule has 0 bridgehead atoms. The van der Waals surface area contributed by atoms with E-state index in [-0.39, 0.29) is 0 Å². The minimum Gasteiger partial charge on any atom is -0.357 e. The Bertz CT molecular complexity index is 462. The van der Waals surface area contributed by atoms with Crippen LogP contribution in [0.4, 0.5) is 0 Å². The Hall–Kier alpha value is -1.43. The molecule has 0 aromatic heterocycles. The molecular formula is C28H58N4O. The van der Waals surface area contributed by atoms with Gasteiger partial charge < -0.3 is 15.1 Å². The molecule has 0 radical (unpaired) electrons. The van der Waals surface area contributed by atoms with Crippen molar-refractivity contribution in [1.82, 2.24) is 20.0 Å². The third-order valence-corrected chi connectivity index (χ3v) is 4.87. The van der Waals surface area contributed by atoms with Gasteiger partial charge in [0.2, 0.25) is 6.41 Å². The van der Waals surface area contributed by atoms with Gasteiger partial charge >= 0.3 is 0 Å². The summed E-state index contributed by atoms with van der Waals surface area (Å²) in [6.07, 6.45) is 4.56. The van der Waals surface area contributed by atoms with Gasteiger partial charge in [-0.25, -0.2) is 0 Å². The van der Waals surface area contributed by atoms with E-state index in [2.05, 4.69) is 71.2 Å². The number of hydrogen-bond donors (Lipinski definition) is 1. The zero-order valence-corrected chi connectivity index (χ0v) is 23.7. The number of carbonyl (C=O) groups excluding carboxylic acids is 1. The average Bonchev–Trinajstić information content (AvgIpc) is 2.89. The summed E-state index contributed by atoms with van der Waals surface area (Å²) >= 11 is 0. The predicted octanol–water partition coefficient (Wildman–Crippen LogP) is 5.76. The monoisotopic (exact) mass is 466 g/mol. The molecule has 196 valence electrons. The van der Waals surface area contributed by atoms with Gasteiger partial charge in [-0.2, -0.15) is 0 Å². The van der Waals surface area contributed by atoms with Crippen molar-refractivity contribution in [3.05, 3.63) is 35.9 Å². The van der Waals surface area contributed by atoms with Crippen LogP contribution in [-0.2, 0) is 11.3 Å². The van der Waals surface area contributed by atoms with Crippen molar-refractivity contribution in [2.24, 2.45) is 0 Å². The molecule has 0 spiro atoms. The highest BCUT2D eigenvalue weighted by Crippen LogP contribution is 2.08. The van der Waals surface area contributed by atoms with Crippen LogP contribution in [0.15, 0.2) is 30.3 Å². The fourth-order valence-corrected chi connectivity index (χ4v) is 3.20. The van der Waals surface area contributed by atoms with E-state index in [1.165, 1.54) is 51.1 Å². The van der Waals surface area contributed by atoms with Gasteiger partial charge in [-0.15, -0.1) is 0 Å². The van der Waals surface area contributed by atoms with Gasteiger partial charge in [-0.1, -0.05) is 92.1 Å². The Morgan fingerprint density at radius 1 is 0.848 bits per heavy atom. The Balaban J connectivity index is -0.000000484. The first-order valence-electron chi connectivity index (χ1n) is 13.5. The van der Waals surface area contributed by atoms with Crippen molar-refractivity contribution in [1.29, 1.82) is 0 Å². The lowest BCUT2D eigenvalue weighted by Gasteiger charge is -2.34. The molecule has 1 heterocycles. The molecule has 0 unspecified atom stereocenters. The lowest BCUT2D eigenvalue weighted by molar-refractivity contribution is -0.109. The fraction of sp³-hybridized carbons (Fsp3) is 0.750. The van der Waals surface area contributed by atoms with Crippen molar-refractivity contribution in [3.63, 3.8) is 0 Å². The summed E-state index contributed by atoms with van der Waals surface area (Å²) in [6.45, 7) is 26.5. The van der Waals surface area contributed by atoms with E-state index in [1.807, 2.05) is 41.5 Å². The van der Waals surface area contributed by atoms with E-state index < -0.39 is 0 Å². The maximum Gasteiger partial charge on any atom is 0.207 e. The number of rotatable bonds is 11. The van der Waals surface area contributed by atoms with Gasteiger partial charge in [0.15, 0.2) is 0 Å². The van der Waals surface area contributed by atoms with Crippen molar-refractivity contribution in [3.8, 4) is 0 Å². The van der Waals surface area contributed by atoms with Crippen LogP contribution in [-0.4, -0.2) is 80.5 Å². The average molecular weight is 467 g/mol. The molecule has 5 nitrogen and oxygen atoms in total. The Morgan fingerprint density at radius 3 is 1.88 bits per heavy atom. The van der Waals surface area contributed by atoms with Gasteiger partial charge in [0.05, 0.1) is 0 Å². The summed E-state index contributed by atoms with van der Waals surface area (Å²) in [5.74, 6) is 0. The van der Waals surface area contributed by atoms with E-state index in [1.54, 1.807) is 0 Å². The van der Waals surface area contributed by atoms with Gasteiger partial charge in [-0.3, -0.25) is 9.69 Å². The van der Waals surface area contributed by atoms with E-state index in [4.69, 9.17) is 0 Å². The maximum absolute atomic E-state index is 9.81. The number of nitrogens with zero attached hydrogens (tertiary/aromatic N) is 3. The van der Waals surface area contributed by atoms with Crippen LogP contribution in [0, 0.1) is 0 Å². The number of amides is 1. The molecule has 33 heavy (non-hydrogen) atoms. The minimum atomic E-state index is 0.736. The van der Waals surface area contributed by atoms with Crippen LogP contribution < -0.4 is 5.32 Å². The number of likely N-dealkylation sites (N-methyl/N-ethyl adjacent to an activating group) is 1. The van der Waals surface area contributed by atoms with Crippen LogP contribution in [0.2, 0.25) is 0 Å². The summed E-state index contributed by atoms with van der Waals surface area (Å²) in [7, 11) is 2.05. The van der Waals surface area contributed by atoms with Crippen molar-refractivity contribution in [2.75, 3.05) is 59.4 Å². The lowest BCUT2D eigenvalue weighted by Crippen LogP contribution is -2.46. The second-order valence-corrected chi connectivity index (χ2v) is 7.33. The Morgan fingerprint density at radius 2 is 1.39 bits per heavy atom. The third-order valence-electron chi connectivity index (χ3n) is 4.87. The summed E-state index contributed by atoms with van der Waals surface area (Å²) in [6, 6.07) is 10.8. The Kier molecular flexibility index (Phi) is 33.5. The second kappa shape index (κ2) is 30.6. The lowest BCUT2D eigenvalue weighted by atomic mass is 10.2. The largest absolute Gasteiger partial charge is 0.357 e. The molecule has 0 atom stereocenters. The Labute approximate surface area is 207 Å². The highest BCUT2D eigenvalue weighted by atomic mass is 16.1. The fourth-order valence-electron chi connectivity index (χ4n) is 3.20. The summed E-state index contributed by atoms with van der Waals surface area (Å²) < 4.78 is 0. The van der Waals surface area contributed by atoms with Crippen LogP contribution >= 0.6 is 0 Å². The number of carbonyl (C=O) groups is 1. The standard InChI is InChI=1S/C15H24N2.C7H16N2O.3C2H6/c1-2-3-9-16-10-12-17(13-11-16)14-15-7-5-4-6-8-15;1-3-5-9(2)6-4-8-7-10;3*1-2/h4-8H,2-3,9-14H2,1H3;7H,3-6H2,1-2H3,(H,8,10);3*1-2H3. The highest BCUT2D eigenvalue weighted by molar-refractivity contribution is 5.45. The zero-order valence-electron chi connectivity index (χ0n) is 23.7. The van der Waals surface area contributed by atoms with Crippen LogP contribution in [0.3, 0.4) is 0 Å².